The minimum absolute atomic E-state index is 0.0390. The topological polar surface area (TPSA) is 63.1 Å². The summed E-state index contributed by atoms with van der Waals surface area (Å²) in [7, 11) is 1.64. The Morgan fingerprint density at radius 2 is 2.11 bits per heavy atom. The Labute approximate surface area is 156 Å². The van der Waals surface area contributed by atoms with Crippen LogP contribution in [0.4, 0.5) is 0 Å². The van der Waals surface area contributed by atoms with Gasteiger partial charge in [0, 0.05) is 30.1 Å². The summed E-state index contributed by atoms with van der Waals surface area (Å²) in [5.74, 6) is 0.814. The maximum absolute atomic E-state index is 13.0. The van der Waals surface area contributed by atoms with Crippen LogP contribution in [0.5, 0.6) is 5.75 Å². The van der Waals surface area contributed by atoms with Crippen molar-refractivity contribution in [3.63, 3.8) is 0 Å². The summed E-state index contributed by atoms with van der Waals surface area (Å²) in [6, 6.07) is 16.1. The number of ether oxygens (including phenoxy) is 1. The highest BCUT2D eigenvalue weighted by Gasteiger charge is 2.29. The Balaban J connectivity index is 1.39. The largest absolute Gasteiger partial charge is 0.497 e. The van der Waals surface area contributed by atoms with E-state index in [9.17, 15) is 4.79 Å². The summed E-state index contributed by atoms with van der Waals surface area (Å²) in [5, 5.41) is 1.01. The summed E-state index contributed by atoms with van der Waals surface area (Å²) in [6.07, 6.45) is 2.82. The second-order valence-corrected chi connectivity index (χ2v) is 6.97. The average molecular weight is 360 g/mol. The number of nitrogens with zero attached hydrogens (tertiary/aromatic N) is 3. The number of nitrogens with one attached hydrogen (secondary N) is 1. The molecule has 0 bridgehead atoms. The van der Waals surface area contributed by atoms with Gasteiger partial charge in [-0.3, -0.25) is 4.79 Å². The van der Waals surface area contributed by atoms with Crippen molar-refractivity contribution < 1.29 is 9.53 Å². The first kappa shape index (κ1) is 15.9. The summed E-state index contributed by atoms with van der Waals surface area (Å²) in [6.45, 7) is 1.44. The molecule has 6 nitrogen and oxygen atoms in total. The highest BCUT2D eigenvalue weighted by molar-refractivity contribution is 5.98. The Bertz CT molecular complexity index is 1140. The van der Waals surface area contributed by atoms with Crippen molar-refractivity contribution in [2.75, 3.05) is 20.2 Å². The van der Waals surface area contributed by atoms with Crippen molar-refractivity contribution >= 4 is 27.8 Å². The lowest BCUT2D eigenvalue weighted by molar-refractivity contribution is 0.0783. The van der Waals surface area contributed by atoms with Crippen LogP contribution >= 0.6 is 0 Å². The normalized spacial score (nSPS) is 17.1. The number of amides is 1. The van der Waals surface area contributed by atoms with Gasteiger partial charge >= 0.3 is 0 Å². The van der Waals surface area contributed by atoms with Crippen LogP contribution < -0.4 is 4.74 Å². The van der Waals surface area contributed by atoms with E-state index in [1.165, 1.54) is 0 Å². The average Bonchev–Trinajstić information content (AvgIpc) is 3.43. The first-order valence-electron chi connectivity index (χ1n) is 9.10. The Hall–Kier alpha value is -3.28. The summed E-state index contributed by atoms with van der Waals surface area (Å²) >= 11 is 0. The van der Waals surface area contributed by atoms with E-state index in [0.717, 1.165) is 40.7 Å². The molecule has 2 aromatic carbocycles. The SMILES string of the molecule is COc1ccc2cc(C(=O)N3CC[C@H](n4cnc5ccccc54)C3)[nH]c2c1. The van der Waals surface area contributed by atoms with Crippen molar-refractivity contribution in [1.29, 1.82) is 0 Å². The van der Waals surface area contributed by atoms with Gasteiger partial charge in [-0.15, -0.1) is 0 Å². The molecule has 1 amide bonds. The second-order valence-electron chi connectivity index (χ2n) is 6.97. The van der Waals surface area contributed by atoms with E-state index in [0.29, 0.717) is 12.2 Å². The minimum atomic E-state index is 0.0390. The van der Waals surface area contributed by atoms with Gasteiger partial charge in [0.05, 0.1) is 30.5 Å². The van der Waals surface area contributed by atoms with Crippen LogP contribution in [-0.2, 0) is 0 Å². The maximum Gasteiger partial charge on any atom is 0.270 e. The van der Waals surface area contributed by atoms with Gasteiger partial charge in [-0.2, -0.15) is 0 Å². The number of likely N-dealkylation sites (tertiary alicyclic amines) is 1. The number of carbonyl (C=O) groups is 1. The molecule has 0 spiro atoms. The van der Waals surface area contributed by atoms with Crippen molar-refractivity contribution in [2.45, 2.75) is 12.5 Å². The van der Waals surface area contributed by atoms with E-state index in [1.54, 1.807) is 7.11 Å². The van der Waals surface area contributed by atoms with Crippen LogP contribution in [0.15, 0.2) is 54.9 Å². The fraction of sp³-hybridized carbons (Fsp3) is 0.238. The highest BCUT2D eigenvalue weighted by atomic mass is 16.5. The fourth-order valence-electron chi connectivity index (χ4n) is 3.94. The lowest BCUT2D eigenvalue weighted by atomic mass is 10.2. The molecule has 6 heteroatoms. The molecule has 27 heavy (non-hydrogen) atoms. The Kier molecular flexibility index (Phi) is 3.63. The molecule has 136 valence electrons. The number of aromatic nitrogens is 3. The molecular weight excluding hydrogens is 340 g/mol. The number of carbonyl (C=O) groups excluding carboxylic acids is 1. The predicted octanol–water partition coefficient (Wildman–Crippen LogP) is 3.61. The zero-order valence-electron chi connectivity index (χ0n) is 15.1. The van der Waals surface area contributed by atoms with E-state index in [1.807, 2.05) is 53.7 Å². The zero-order chi connectivity index (χ0) is 18.4. The van der Waals surface area contributed by atoms with Crippen molar-refractivity contribution in [2.24, 2.45) is 0 Å². The molecule has 1 saturated heterocycles. The third-order valence-corrected chi connectivity index (χ3v) is 5.39. The molecule has 1 aliphatic heterocycles. The van der Waals surface area contributed by atoms with Gasteiger partial charge in [-0.25, -0.2) is 4.98 Å². The molecule has 0 aliphatic carbocycles. The van der Waals surface area contributed by atoms with Crippen molar-refractivity contribution in [3.05, 3.63) is 60.6 Å². The zero-order valence-corrected chi connectivity index (χ0v) is 15.1. The number of fused-ring (bicyclic) bond motifs is 2. The smallest absolute Gasteiger partial charge is 0.270 e. The van der Waals surface area contributed by atoms with Gasteiger partial charge in [0.1, 0.15) is 11.4 Å². The number of aromatic amines is 1. The number of H-pyrrole nitrogens is 1. The van der Waals surface area contributed by atoms with Gasteiger partial charge in [-0.1, -0.05) is 12.1 Å². The molecule has 1 fully saturated rings. The van der Waals surface area contributed by atoms with Gasteiger partial charge in [-0.05, 0) is 36.8 Å². The second kappa shape index (κ2) is 6.16. The first-order valence-corrected chi connectivity index (χ1v) is 9.10. The molecule has 0 radical (unpaired) electrons. The number of hydrogen-bond donors (Lipinski definition) is 1. The quantitative estimate of drug-likeness (QED) is 0.607. The summed E-state index contributed by atoms with van der Waals surface area (Å²) < 4.78 is 7.45. The molecule has 0 saturated carbocycles. The maximum atomic E-state index is 13.0. The van der Waals surface area contributed by atoms with Crippen LogP contribution in [-0.4, -0.2) is 45.5 Å². The first-order chi connectivity index (χ1) is 13.2. The number of hydrogen-bond acceptors (Lipinski definition) is 3. The lowest BCUT2D eigenvalue weighted by Gasteiger charge is -2.16. The molecular formula is C21H20N4O2. The molecule has 4 aromatic rings. The van der Waals surface area contributed by atoms with E-state index in [4.69, 9.17) is 4.74 Å². The molecule has 0 unspecified atom stereocenters. The van der Waals surface area contributed by atoms with E-state index in [2.05, 4.69) is 20.6 Å². The standard InChI is InChI=1S/C21H20N4O2/c1-27-16-7-6-14-10-19(23-18(14)11-16)21(26)24-9-8-15(12-24)25-13-22-17-4-2-3-5-20(17)25/h2-7,10-11,13,15,23H,8-9,12H2,1H3/t15-/m0/s1. The monoisotopic (exact) mass is 360 g/mol. The van der Waals surface area contributed by atoms with E-state index < -0.39 is 0 Å². The van der Waals surface area contributed by atoms with Crippen molar-refractivity contribution in [3.8, 4) is 5.75 Å². The molecule has 1 N–H and O–H groups in total. The molecule has 5 rings (SSSR count). The van der Waals surface area contributed by atoms with Crippen molar-refractivity contribution in [1.82, 2.24) is 19.4 Å². The van der Waals surface area contributed by atoms with Crippen LogP contribution in [0.2, 0.25) is 0 Å². The van der Waals surface area contributed by atoms with Gasteiger partial charge < -0.3 is 19.2 Å². The van der Waals surface area contributed by atoms with Crippen LogP contribution in [0.1, 0.15) is 23.0 Å². The third kappa shape index (κ3) is 2.65. The lowest BCUT2D eigenvalue weighted by Crippen LogP contribution is -2.29. The third-order valence-electron chi connectivity index (χ3n) is 5.39. The van der Waals surface area contributed by atoms with Gasteiger partial charge in [0.15, 0.2) is 0 Å². The Morgan fingerprint density at radius 1 is 1.22 bits per heavy atom. The number of para-hydroxylation sites is 2. The molecule has 3 heterocycles. The molecule has 1 aliphatic rings. The summed E-state index contributed by atoms with van der Waals surface area (Å²) in [5.41, 5.74) is 3.64. The molecule has 2 aromatic heterocycles. The molecule has 1 atom stereocenters. The summed E-state index contributed by atoms with van der Waals surface area (Å²) in [4.78, 5) is 22.6. The number of rotatable bonds is 3. The van der Waals surface area contributed by atoms with Crippen LogP contribution in [0, 0.1) is 0 Å². The van der Waals surface area contributed by atoms with E-state index >= 15 is 0 Å². The number of imidazole rings is 1. The minimum Gasteiger partial charge on any atom is -0.497 e. The number of benzene rings is 2. The number of methoxy groups -OCH3 is 1. The fourth-order valence-corrected chi connectivity index (χ4v) is 3.94. The van der Waals surface area contributed by atoms with E-state index in [-0.39, 0.29) is 11.9 Å². The Morgan fingerprint density at radius 3 is 3.00 bits per heavy atom. The van der Waals surface area contributed by atoms with Crippen LogP contribution in [0.25, 0.3) is 21.9 Å². The highest BCUT2D eigenvalue weighted by Crippen LogP contribution is 2.28. The van der Waals surface area contributed by atoms with Gasteiger partial charge in [0.2, 0.25) is 0 Å². The van der Waals surface area contributed by atoms with Crippen LogP contribution in [0.3, 0.4) is 0 Å². The predicted molar refractivity (Wildman–Crippen MR) is 104 cm³/mol. The van der Waals surface area contributed by atoms with Gasteiger partial charge in [0.25, 0.3) is 5.91 Å².